The minimum absolute atomic E-state index is 0.0330. The van der Waals surface area contributed by atoms with E-state index in [0.717, 1.165) is 28.8 Å². The Bertz CT molecular complexity index is 1590. The van der Waals surface area contributed by atoms with Crippen LogP contribution in [0.5, 0.6) is 0 Å². The van der Waals surface area contributed by atoms with Crippen LogP contribution < -0.4 is 9.62 Å². The van der Waals surface area contributed by atoms with Gasteiger partial charge in [0.15, 0.2) is 0 Å². The number of rotatable bonds is 7. The summed E-state index contributed by atoms with van der Waals surface area (Å²) in [5.41, 5.74) is 3.33. The van der Waals surface area contributed by atoms with Crippen molar-refractivity contribution < 1.29 is 22.8 Å². The molecule has 5 rings (SSSR count). The van der Waals surface area contributed by atoms with E-state index < -0.39 is 15.9 Å². The topological polar surface area (TPSA) is 107 Å². The van der Waals surface area contributed by atoms with E-state index in [9.17, 15) is 22.8 Å². The lowest BCUT2D eigenvalue weighted by Gasteiger charge is -2.30. The van der Waals surface area contributed by atoms with Gasteiger partial charge in [-0.2, -0.15) is 0 Å². The second-order valence-corrected chi connectivity index (χ2v) is 13.1. The molecular formula is C30H34N4O5S2. The number of hydrogen-bond donors (Lipinski definition) is 1. The fraction of sp³-hybridized carbons (Fsp3) is 0.367. The van der Waals surface area contributed by atoms with Crippen LogP contribution in [0.1, 0.15) is 63.9 Å². The van der Waals surface area contributed by atoms with Gasteiger partial charge in [-0.05, 0) is 74.6 Å². The van der Waals surface area contributed by atoms with Crippen LogP contribution >= 0.6 is 11.3 Å². The maximum atomic E-state index is 13.5. The number of thiophene rings is 1. The highest BCUT2D eigenvalue weighted by Gasteiger charge is 2.32. The average Bonchev–Trinajstić information content (AvgIpc) is 3.34. The number of anilines is 2. The predicted octanol–water partition coefficient (Wildman–Crippen LogP) is 4.53. The third-order valence-corrected chi connectivity index (χ3v) is 10.7. The van der Waals surface area contributed by atoms with Crippen molar-refractivity contribution >= 4 is 49.8 Å². The molecule has 0 aliphatic carbocycles. The van der Waals surface area contributed by atoms with E-state index in [1.807, 2.05) is 38.1 Å². The van der Waals surface area contributed by atoms with Crippen molar-refractivity contribution in [1.82, 2.24) is 9.80 Å². The zero-order valence-corrected chi connectivity index (χ0v) is 25.1. The molecule has 3 heterocycles. The Morgan fingerprint density at radius 1 is 0.976 bits per heavy atom. The molecule has 3 aromatic rings. The third kappa shape index (κ3) is 5.48. The monoisotopic (exact) mass is 594 g/mol. The maximum Gasteiger partial charge on any atom is 0.264 e. The van der Waals surface area contributed by atoms with Gasteiger partial charge in [-0.25, -0.2) is 8.42 Å². The largest absolute Gasteiger partial charge is 0.339 e. The van der Waals surface area contributed by atoms with Gasteiger partial charge < -0.3 is 15.1 Å². The van der Waals surface area contributed by atoms with Crippen LogP contribution in [0.25, 0.3) is 0 Å². The maximum absolute atomic E-state index is 13.5. The Labute approximate surface area is 244 Å². The number of sulfonamides is 1. The molecule has 0 bridgehead atoms. The standard InChI is InChI=1S/C30H34N4O5S2/c1-4-32(5-2)30(37)27-24-16-18-33(20(3)35)19-26(24)40-29(27)31-28(36)22-12-14-23(15-13-22)41(38,39)34-17-8-10-21-9-6-7-11-25(21)34/h6-7,9,11-15H,4-5,8,10,16-19H2,1-3H3,(H,31,36). The number of nitrogens with zero attached hydrogens (tertiary/aromatic N) is 3. The lowest BCUT2D eigenvalue weighted by atomic mass is 10.0. The molecule has 11 heteroatoms. The highest BCUT2D eigenvalue weighted by molar-refractivity contribution is 7.92. The van der Waals surface area contributed by atoms with Crippen molar-refractivity contribution in [3.8, 4) is 0 Å². The Morgan fingerprint density at radius 2 is 1.68 bits per heavy atom. The van der Waals surface area contributed by atoms with Gasteiger partial charge in [0.1, 0.15) is 5.00 Å². The van der Waals surface area contributed by atoms with Gasteiger partial charge >= 0.3 is 0 Å². The molecule has 3 amide bonds. The number of benzene rings is 2. The van der Waals surface area contributed by atoms with Gasteiger partial charge in [-0.15, -0.1) is 11.3 Å². The zero-order chi connectivity index (χ0) is 29.3. The fourth-order valence-corrected chi connectivity index (χ4v) is 8.28. The van der Waals surface area contributed by atoms with E-state index in [4.69, 9.17) is 0 Å². The van der Waals surface area contributed by atoms with Gasteiger partial charge in [0.05, 0.1) is 22.7 Å². The van der Waals surface area contributed by atoms with Crippen LogP contribution in [0.15, 0.2) is 53.4 Å². The molecule has 0 saturated carbocycles. The van der Waals surface area contributed by atoms with E-state index in [2.05, 4.69) is 5.32 Å². The van der Waals surface area contributed by atoms with E-state index in [1.165, 1.54) is 46.8 Å². The molecule has 0 fully saturated rings. The summed E-state index contributed by atoms with van der Waals surface area (Å²) in [6, 6.07) is 13.4. The van der Waals surface area contributed by atoms with E-state index >= 15 is 0 Å². The molecule has 216 valence electrons. The highest BCUT2D eigenvalue weighted by atomic mass is 32.2. The number of amides is 3. The Hall–Kier alpha value is -3.70. The minimum atomic E-state index is -3.80. The van der Waals surface area contributed by atoms with Gasteiger partial charge in [0, 0.05) is 43.5 Å². The molecule has 0 unspecified atom stereocenters. The third-order valence-electron chi connectivity index (χ3n) is 7.77. The van der Waals surface area contributed by atoms with Crippen LogP contribution in [-0.4, -0.2) is 62.1 Å². The summed E-state index contributed by atoms with van der Waals surface area (Å²) < 4.78 is 28.4. The van der Waals surface area contributed by atoms with Crippen molar-refractivity contribution in [3.05, 3.63) is 75.7 Å². The first-order valence-electron chi connectivity index (χ1n) is 13.9. The number of para-hydroxylation sites is 1. The number of nitrogens with one attached hydrogen (secondary N) is 1. The minimum Gasteiger partial charge on any atom is -0.339 e. The van der Waals surface area contributed by atoms with Crippen molar-refractivity contribution in [3.63, 3.8) is 0 Å². The summed E-state index contributed by atoms with van der Waals surface area (Å²) in [5.74, 6) is -0.621. The van der Waals surface area contributed by atoms with Crippen LogP contribution in [-0.2, 0) is 34.2 Å². The van der Waals surface area contributed by atoms with Crippen molar-refractivity contribution in [2.45, 2.75) is 51.5 Å². The van der Waals surface area contributed by atoms with Crippen LogP contribution in [0.3, 0.4) is 0 Å². The number of carbonyl (C=O) groups is 3. The Balaban J connectivity index is 1.41. The molecule has 41 heavy (non-hydrogen) atoms. The van der Waals surface area contributed by atoms with Gasteiger partial charge in [0.2, 0.25) is 5.91 Å². The lowest BCUT2D eigenvalue weighted by molar-refractivity contribution is -0.129. The summed E-state index contributed by atoms with van der Waals surface area (Å²) in [7, 11) is -3.80. The first-order chi connectivity index (χ1) is 19.6. The molecule has 2 aromatic carbocycles. The molecule has 2 aliphatic rings. The number of hydrogen-bond acceptors (Lipinski definition) is 6. The normalized spacial score (nSPS) is 14.7. The molecule has 1 N–H and O–H groups in total. The second kappa shape index (κ2) is 11.7. The molecule has 2 aliphatic heterocycles. The van der Waals surface area contributed by atoms with Crippen molar-refractivity contribution in [2.24, 2.45) is 0 Å². The summed E-state index contributed by atoms with van der Waals surface area (Å²) in [6.07, 6.45) is 2.11. The van der Waals surface area contributed by atoms with Crippen LogP contribution in [0.4, 0.5) is 10.7 Å². The summed E-state index contributed by atoms with van der Waals surface area (Å²) >= 11 is 1.32. The Kier molecular flexibility index (Phi) is 8.19. The first-order valence-corrected chi connectivity index (χ1v) is 16.1. The van der Waals surface area contributed by atoms with Crippen LogP contribution in [0.2, 0.25) is 0 Å². The number of aryl methyl sites for hydroxylation is 1. The van der Waals surface area contributed by atoms with Crippen molar-refractivity contribution in [2.75, 3.05) is 35.8 Å². The number of carbonyl (C=O) groups excluding carboxylic acids is 3. The predicted molar refractivity (Wildman–Crippen MR) is 160 cm³/mol. The smallest absolute Gasteiger partial charge is 0.264 e. The molecule has 0 spiro atoms. The fourth-order valence-electron chi connectivity index (χ4n) is 5.49. The highest BCUT2D eigenvalue weighted by Crippen LogP contribution is 2.38. The molecule has 1 aromatic heterocycles. The quantitative estimate of drug-likeness (QED) is 0.433. The molecule has 0 atom stereocenters. The lowest BCUT2D eigenvalue weighted by Crippen LogP contribution is -2.35. The molecule has 0 saturated heterocycles. The summed E-state index contributed by atoms with van der Waals surface area (Å²) in [6.45, 7) is 7.72. The zero-order valence-electron chi connectivity index (χ0n) is 23.5. The van der Waals surface area contributed by atoms with Gasteiger partial charge in [-0.3, -0.25) is 18.7 Å². The van der Waals surface area contributed by atoms with Crippen molar-refractivity contribution in [1.29, 1.82) is 0 Å². The summed E-state index contributed by atoms with van der Waals surface area (Å²) in [4.78, 5) is 43.3. The molecule has 0 radical (unpaired) electrons. The Morgan fingerprint density at radius 3 is 2.37 bits per heavy atom. The summed E-state index contributed by atoms with van der Waals surface area (Å²) in [5, 5.41) is 3.36. The molecule has 9 nitrogen and oxygen atoms in total. The second-order valence-electron chi connectivity index (χ2n) is 10.2. The van der Waals surface area contributed by atoms with E-state index in [1.54, 1.807) is 9.80 Å². The van der Waals surface area contributed by atoms with Gasteiger partial charge in [-0.1, -0.05) is 18.2 Å². The number of fused-ring (bicyclic) bond motifs is 2. The SMILES string of the molecule is CCN(CC)C(=O)c1c(NC(=O)c2ccc(S(=O)(=O)N3CCCc4ccccc43)cc2)sc2c1CCN(C(C)=O)C2. The van der Waals surface area contributed by atoms with E-state index in [-0.39, 0.29) is 22.3 Å². The van der Waals surface area contributed by atoms with E-state index in [0.29, 0.717) is 55.4 Å². The average molecular weight is 595 g/mol. The van der Waals surface area contributed by atoms with Crippen LogP contribution in [0, 0.1) is 0 Å². The van der Waals surface area contributed by atoms with Gasteiger partial charge in [0.25, 0.3) is 21.8 Å². The first kappa shape index (κ1) is 28.8. The molecular weight excluding hydrogens is 560 g/mol.